The van der Waals surface area contributed by atoms with E-state index in [1.165, 1.54) is 6.20 Å². The van der Waals surface area contributed by atoms with Crippen molar-refractivity contribution in [2.45, 2.75) is 13.0 Å². The molecule has 1 saturated heterocycles. The Morgan fingerprint density at radius 2 is 2.06 bits per heavy atom. The molecule has 0 aromatic carbocycles. The SMILES string of the molecule is O=C(O)Cc1cncc(CN2CCOCC2)n1. The molecule has 1 aliphatic heterocycles. The summed E-state index contributed by atoms with van der Waals surface area (Å²) in [5, 5.41) is 8.68. The Morgan fingerprint density at radius 1 is 1.35 bits per heavy atom. The lowest BCUT2D eigenvalue weighted by Crippen LogP contribution is -2.36. The summed E-state index contributed by atoms with van der Waals surface area (Å²) in [7, 11) is 0. The fourth-order valence-corrected chi connectivity index (χ4v) is 1.76. The van der Waals surface area contributed by atoms with Crippen LogP contribution in [0.1, 0.15) is 11.4 Å². The highest BCUT2D eigenvalue weighted by atomic mass is 16.5. The quantitative estimate of drug-likeness (QED) is 0.790. The van der Waals surface area contributed by atoms with Crippen molar-refractivity contribution in [3.8, 4) is 0 Å². The van der Waals surface area contributed by atoms with E-state index in [0.29, 0.717) is 12.2 Å². The summed E-state index contributed by atoms with van der Waals surface area (Å²) in [6.45, 7) is 3.93. The minimum atomic E-state index is -0.886. The molecule has 1 fully saturated rings. The summed E-state index contributed by atoms with van der Waals surface area (Å²) in [4.78, 5) is 21.1. The topological polar surface area (TPSA) is 75.5 Å². The molecule has 1 aromatic heterocycles. The van der Waals surface area contributed by atoms with Gasteiger partial charge in [-0.25, -0.2) is 0 Å². The van der Waals surface area contributed by atoms with Gasteiger partial charge in [0.2, 0.25) is 0 Å². The van der Waals surface area contributed by atoms with Crippen LogP contribution < -0.4 is 0 Å². The number of carboxylic acids is 1. The Hall–Kier alpha value is -1.53. The van der Waals surface area contributed by atoms with E-state index >= 15 is 0 Å². The molecule has 0 aliphatic carbocycles. The smallest absolute Gasteiger partial charge is 0.309 e. The summed E-state index contributed by atoms with van der Waals surface area (Å²) in [6.07, 6.45) is 3.10. The van der Waals surface area contributed by atoms with Crippen molar-refractivity contribution >= 4 is 5.97 Å². The third-order valence-corrected chi connectivity index (χ3v) is 2.56. The highest BCUT2D eigenvalue weighted by Gasteiger charge is 2.12. The molecule has 0 bridgehead atoms. The van der Waals surface area contributed by atoms with Gasteiger partial charge in [-0.3, -0.25) is 19.7 Å². The lowest BCUT2D eigenvalue weighted by Gasteiger charge is -2.26. The molecule has 6 heteroatoms. The first-order valence-corrected chi connectivity index (χ1v) is 5.56. The fraction of sp³-hybridized carbons (Fsp3) is 0.545. The lowest BCUT2D eigenvalue weighted by atomic mass is 10.3. The predicted octanol–water partition coefficient (Wildman–Crippen LogP) is -0.0641. The minimum absolute atomic E-state index is 0.0794. The van der Waals surface area contributed by atoms with Crippen LogP contribution >= 0.6 is 0 Å². The number of nitrogens with zero attached hydrogens (tertiary/aromatic N) is 3. The normalized spacial score (nSPS) is 16.9. The van der Waals surface area contributed by atoms with Crippen molar-refractivity contribution in [3.05, 3.63) is 23.8 Å². The zero-order valence-electron chi connectivity index (χ0n) is 9.50. The second-order valence-corrected chi connectivity index (χ2v) is 3.96. The molecule has 2 heterocycles. The molecule has 0 amide bonds. The molecule has 0 atom stereocenters. The molecule has 6 nitrogen and oxygen atoms in total. The lowest BCUT2D eigenvalue weighted by molar-refractivity contribution is -0.136. The number of aliphatic carboxylic acids is 1. The van der Waals surface area contributed by atoms with Crippen molar-refractivity contribution in [2.24, 2.45) is 0 Å². The zero-order chi connectivity index (χ0) is 12.1. The Kier molecular flexibility index (Phi) is 4.00. The first-order valence-electron chi connectivity index (χ1n) is 5.56. The van der Waals surface area contributed by atoms with Crippen molar-refractivity contribution in [2.75, 3.05) is 26.3 Å². The van der Waals surface area contributed by atoms with Crippen molar-refractivity contribution < 1.29 is 14.6 Å². The average Bonchev–Trinajstić information content (AvgIpc) is 2.30. The maximum Gasteiger partial charge on any atom is 0.309 e. The van der Waals surface area contributed by atoms with Crippen LogP contribution in [-0.2, 0) is 22.5 Å². The predicted molar refractivity (Wildman–Crippen MR) is 59.5 cm³/mol. The number of aromatic nitrogens is 2. The number of hydrogen-bond acceptors (Lipinski definition) is 5. The molecule has 0 radical (unpaired) electrons. The Balaban J connectivity index is 1.97. The number of morpholine rings is 1. The Morgan fingerprint density at radius 3 is 2.76 bits per heavy atom. The number of rotatable bonds is 4. The van der Waals surface area contributed by atoms with Gasteiger partial charge < -0.3 is 9.84 Å². The van der Waals surface area contributed by atoms with E-state index in [1.807, 2.05) is 0 Å². The van der Waals surface area contributed by atoms with Crippen molar-refractivity contribution in [3.63, 3.8) is 0 Å². The molecule has 17 heavy (non-hydrogen) atoms. The van der Waals surface area contributed by atoms with Crippen LogP contribution in [-0.4, -0.2) is 52.2 Å². The minimum Gasteiger partial charge on any atom is -0.481 e. The van der Waals surface area contributed by atoms with Crippen LogP contribution in [0.25, 0.3) is 0 Å². The first kappa shape index (κ1) is 11.9. The van der Waals surface area contributed by atoms with Crippen LogP contribution in [0, 0.1) is 0 Å². The maximum absolute atomic E-state index is 10.6. The summed E-state index contributed by atoms with van der Waals surface area (Å²) >= 11 is 0. The molecule has 0 saturated carbocycles. The van der Waals surface area contributed by atoms with Gasteiger partial charge in [-0.05, 0) is 0 Å². The largest absolute Gasteiger partial charge is 0.481 e. The van der Waals surface area contributed by atoms with E-state index in [4.69, 9.17) is 9.84 Å². The van der Waals surface area contributed by atoms with E-state index in [2.05, 4.69) is 14.9 Å². The van der Waals surface area contributed by atoms with Gasteiger partial charge in [0.05, 0.1) is 31.0 Å². The van der Waals surface area contributed by atoms with E-state index < -0.39 is 5.97 Å². The van der Waals surface area contributed by atoms with Gasteiger partial charge in [-0.1, -0.05) is 0 Å². The molecule has 1 N–H and O–H groups in total. The number of ether oxygens (including phenoxy) is 1. The molecule has 0 spiro atoms. The molecular formula is C11H15N3O3. The standard InChI is InChI=1S/C11H15N3O3/c15-11(16)5-9-6-12-7-10(13-9)8-14-1-3-17-4-2-14/h6-7H,1-5,8H2,(H,15,16). The van der Waals surface area contributed by atoms with Gasteiger partial charge >= 0.3 is 5.97 Å². The Labute approximate surface area is 99.2 Å². The number of carboxylic acid groups (broad SMARTS) is 1. The zero-order valence-corrected chi connectivity index (χ0v) is 9.50. The molecule has 92 valence electrons. The fourth-order valence-electron chi connectivity index (χ4n) is 1.76. The Bertz CT molecular complexity index is 391. The van der Waals surface area contributed by atoms with Crippen molar-refractivity contribution in [1.29, 1.82) is 0 Å². The molecule has 0 unspecified atom stereocenters. The molecule has 1 aromatic rings. The monoisotopic (exact) mass is 237 g/mol. The van der Waals surface area contributed by atoms with Gasteiger partial charge in [-0.15, -0.1) is 0 Å². The van der Waals surface area contributed by atoms with Crippen LogP contribution in [0.15, 0.2) is 12.4 Å². The van der Waals surface area contributed by atoms with E-state index in [1.54, 1.807) is 6.20 Å². The molecular weight excluding hydrogens is 222 g/mol. The third kappa shape index (κ3) is 3.76. The summed E-state index contributed by atoms with van der Waals surface area (Å²) in [5.74, 6) is -0.886. The highest BCUT2D eigenvalue weighted by Crippen LogP contribution is 2.05. The van der Waals surface area contributed by atoms with Gasteiger partial charge in [0.25, 0.3) is 0 Å². The van der Waals surface area contributed by atoms with Gasteiger partial charge in [-0.2, -0.15) is 0 Å². The molecule has 2 rings (SSSR count). The van der Waals surface area contributed by atoms with Crippen molar-refractivity contribution in [1.82, 2.24) is 14.9 Å². The number of carbonyl (C=O) groups is 1. The van der Waals surface area contributed by atoms with Gasteiger partial charge in [0.15, 0.2) is 0 Å². The highest BCUT2D eigenvalue weighted by molar-refractivity contribution is 5.69. The van der Waals surface area contributed by atoms with E-state index in [-0.39, 0.29) is 6.42 Å². The average molecular weight is 237 g/mol. The first-order chi connectivity index (χ1) is 8.24. The summed E-state index contributed by atoms with van der Waals surface area (Å²) < 4.78 is 5.26. The second-order valence-electron chi connectivity index (χ2n) is 3.96. The van der Waals surface area contributed by atoms with E-state index in [0.717, 1.165) is 32.0 Å². The summed E-state index contributed by atoms with van der Waals surface area (Å²) in [6, 6.07) is 0. The molecule has 1 aliphatic rings. The second kappa shape index (κ2) is 5.70. The van der Waals surface area contributed by atoms with Crippen LogP contribution in [0.5, 0.6) is 0 Å². The van der Waals surface area contributed by atoms with Gasteiger partial charge in [0.1, 0.15) is 0 Å². The van der Waals surface area contributed by atoms with Crippen LogP contribution in [0.4, 0.5) is 0 Å². The maximum atomic E-state index is 10.6. The number of hydrogen-bond donors (Lipinski definition) is 1. The third-order valence-electron chi connectivity index (χ3n) is 2.56. The van der Waals surface area contributed by atoms with Gasteiger partial charge in [0, 0.05) is 32.0 Å². The van der Waals surface area contributed by atoms with Crippen LogP contribution in [0.2, 0.25) is 0 Å². The van der Waals surface area contributed by atoms with E-state index in [9.17, 15) is 4.79 Å². The van der Waals surface area contributed by atoms with Crippen LogP contribution in [0.3, 0.4) is 0 Å². The summed E-state index contributed by atoms with van der Waals surface area (Å²) in [5.41, 5.74) is 1.31.